The smallest absolute Gasteiger partial charge is 0.335 e. The zero-order chi connectivity index (χ0) is 15.6. The molecule has 0 saturated heterocycles. The van der Waals surface area contributed by atoms with Crippen molar-refractivity contribution in [2.45, 2.75) is 0 Å². The number of benzene rings is 2. The number of hydrogen-bond acceptors (Lipinski definition) is 3. The zero-order valence-electron chi connectivity index (χ0n) is 10.4. The van der Waals surface area contributed by atoms with E-state index in [9.17, 15) is 14.7 Å². The molecular weight excluding hydrogens is 362 g/mol. The van der Waals surface area contributed by atoms with Crippen LogP contribution in [0.5, 0.6) is 5.75 Å². The predicted molar refractivity (Wildman–Crippen MR) is 82.2 cm³/mol. The summed E-state index contributed by atoms with van der Waals surface area (Å²) in [6, 6.07) is 8.36. The molecular formula is C14H9BrClNO4. The van der Waals surface area contributed by atoms with Crippen molar-refractivity contribution in [2.24, 2.45) is 0 Å². The van der Waals surface area contributed by atoms with Gasteiger partial charge in [0, 0.05) is 5.56 Å². The number of anilines is 1. The maximum atomic E-state index is 12.0. The van der Waals surface area contributed by atoms with E-state index >= 15 is 0 Å². The van der Waals surface area contributed by atoms with E-state index in [0.29, 0.717) is 4.47 Å². The van der Waals surface area contributed by atoms with Crippen molar-refractivity contribution < 1.29 is 19.8 Å². The molecule has 0 aliphatic carbocycles. The minimum absolute atomic E-state index is 0.0271. The fourth-order valence-electron chi connectivity index (χ4n) is 1.60. The van der Waals surface area contributed by atoms with Gasteiger partial charge in [0.15, 0.2) is 0 Å². The summed E-state index contributed by atoms with van der Waals surface area (Å²) < 4.78 is 0.475. The van der Waals surface area contributed by atoms with Crippen molar-refractivity contribution in [3.05, 3.63) is 57.0 Å². The Labute approximate surface area is 133 Å². The van der Waals surface area contributed by atoms with Crippen molar-refractivity contribution in [3.63, 3.8) is 0 Å². The molecule has 0 heterocycles. The first-order valence-electron chi connectivity index (χ1n) is 5.71. The van der Waals surface area contributed by atoms with Crippen molar-refractivity contribution in [1.29, 1.82) is 0 Å². The Morgan fingerprint density at radius 3 is 2.33 bits per heavy atom. The van der Waals surface area contributed by atoms with Crippen LogP contribution in [0.4, 0.5) is 5.69 Å². The van der Waals surface area contributed by atoms with Gasteiger partial charge >= 0.3 is 5.97 Å². The number of amides is 1. The largest absolute Gasteiger partial charge is 0.507 e. The van der Waals surface area contributed by atoms with Crippen LogP contribution in [0.25, 0.3) is 0 Å². The molecule has 2 aromatic rings. The molecule has 2 aromatic carbocycles. The molecule has 1 amide bonds. The molecule has 0 aromatic heterocycles. The van der Waals surface area contributed by atoms with Crippen LogP contribution in [-0.4, -0.2) is 22.1 Å². The van der Waals surface area contributed by atoms with Crippen molar-refractivity contribution in [1.82, 2.24) is 0 Å². The maximum absolute atomic E-state index is 12.0. The van der Waals surface area contributed by atoms with Gasteiger partial charge in [0.25, 0.3) is 5.91 Å². The number of aromatic carboxylic acids is 1. The molecule has 0 saturated carbocycles. The fourth-order valence-corrected chi connectivity index (χ4v) is 2.07. The number of carboxylic acids is 1. The summed E-state index contributed by atoms with van der Waals surface area (Å²) in [6.07, 6.45) is 0. The van der Waals surface area contributed by atoms with Crippen molar-refractivity contribution in [2.75, 3.05) is 5.32 Å². The van der Waals surface area contributed by atoms with Gasteiger partial charge in [-0.1, -0.05) is 11.6 Å². The van der Waals surface area contributed by atoms with Crippen LogP contribution in [0.15, 0.2) is 40.9 Å². The summed E-state index contributed by atoms with van der Waals surface area (Å²) in [7, 11) is 0. The molecule has 0 aliphatic heterocycles. The van der Waals surface area contributed by atoms with Gasteiger partial charge in [0.05, 0.1) is 20.7 Å². The molecule has 3 N–H and O–H groups in total. The second-order valence-corrected chi connectivity index (χ2v) is 5.38. The van der Waals surface area contributed by atoms with Crippen LogP contribution < -0.4 is 5.32 Å². The Kier molecular flexibility index (Phi) is 4.50. The maximum Gasteiger partial charge on any atom is 0.335 e. The highest BCUT2D eigenvalue weighted by Gasteiger charge is 2.12. The third kappa shape index (κ3) is 3.53. The Morgan fingerprint density at radius 1 is 1.10 bits per heavy atom. The summed E-state index contributed by atoms with van der Waals surface area (Å²) in [5, 5.41) is 21.1. The first-order valence-corrected chi connectivity index (χ1v) is 6.88. The van der Waals surface area contributed by atoms with Gasteiger partial charge in [0.1, 0.15) is 5.75 Å². The number of halogens is 2. The molecule has 0 aliphatic rings. The van der Waals surface area contributed by atoms with E-state index < -0.39 is 11.9 Å². The molecule has 7 heteroatoms. The van der Waals surface area contributed by atoms with Crippen LogP contribution in [0.3, 0.4) is 0 Å². The summed E-state index contributed by atoms with van der Waals surface area (Å²) in [6.45, 7) is 0. The number of carbonyl (C=O) groups is 2. The molecule has 21 heavy (non-hydrogen) atoms. The Hall–Kier alpha value is -2.05. The quantitative estimate of drug-likeness (QED) is 0.768. The van der Waals surface area contributed by atoms with Crippen LogP contribution in [0, 0.1) is 0 Å². The van der Waals surface area contributed by atoms with E-state index in [4.69, 9.17) is 16.7 Å². The van der Waals surface area contributed by atoms with E-state index in [1.165, 1.54) is 30.3 Å². The summed E-state index contributed by atoms with van der Waals surface area (Å²) >= 11 is 9.05. The van der Waals surface area contributed by atoms with Crippen LogP contribution in [-0.2, 0) is 0 Å². The molecule has 108 valence electrons. The lowest BCUT2D eigenvalue weighted by atomic mass is 10.1. The van der Waals surface area contributed by atoms with Crippen LogP contribution in [0.1, 0.15) is 20.7 Å². The number of carboxylic acid groups (broad SMARTS) is 1. The highest BCUT2D eigenvalue weighted by atomic mass is 79.9. The average Bonchev–Trinajstić information content (AvgIpc) is 2.43. The lowest BCUT2D eigenvalue weighted by molar-refractivity contribution is 0.0696. The van der Waals surface area contributed by atoms with Gasteiger partial charge in [-0.2, -0.15) is 0 Å². The number of phenolic OH excluding ortho intramolecular Hbond substituents is 1. The predicted octanol–water partition coefficient (Wildman–Crippen LogP) is 3.76. The highest BCUT2D eigenvalue weighted by Crippen LogP contribution is 2.26. The van der Waals surface area contributed by atoms with Crippen molar-refractivity contribution >= 4 is 45.1 Å². The van der Waals surface area contributed by atoms with Gasteiger partial charge in [-0.3, -0.25) is 4.79 Å². The van der Waals surface area contributed by atoms with Gasteiger partial charge in [-0.25, -0.2) is 4.79 Å². The molecule has 5 nitrogen and oxygen atoms in total. The highest BCUT2D eigenvalue weighted by molar-refractivity contribution is 9.10. The normalized spacial score (nSPS) is 10.2. The monoisotopic (exact) mass is 369 g/mol. The van der Waals surface area contributed by atoms with Crippen LogP contribution >= 0.6 is 27.5 Å². The van der Waals surface area contributed by atoms with E-state index in [2.05, 4.69) is 21.2 Å². The van der Waals surface area contributed by atoms with E-state index in [-0.39, 0.29) is 27.6 Å². The third-order valence-corrected chi connectivity index (χ3v) is 3.66. The minimum atomic E-state index is -1.10. The van der Waals surface area contributed by atoms with Gasteiger partial charge in [-0.05, 0) is 52.3 Å². The third-order valence-electron chi connectivity index (χ3n) is 2.67. The summed E-state index contributed by atoms with van der Waals surface area (Å²) in [5.74, 6) is -1.63. The molecule has 0 atom stereocenters. The lowest BCUT2D eigenvalue weighted by Crippen LogP contribution is -2.12. The molecule has 0 unspecified atom stereocenters. The second-order valence-electron chi connectivity index (χ2n) is 4.12. The Balaban J connectivity index is 2.23. The first-order chi connectivity index (χ1) is 9.88. The molecule has 0 fully saturated rings. The zero-order valence-corrected chi connectivity index (χ0v) is 12.8. The van der Waals surface area contributed by atoms with E-state index in [0.717, 1.165) is 0 Å². The van der Waals surface area contributed by atoms with Gasteiger partial charge in [-0.15, -0.1) is 0 Å². The summed E-state index contributed by atoms with van der Waals surface area (Å²) in [4.78, 5) is 22.8. The molecule has 0 spiro atoms. The second kappa shape index (κ2) is 6.15. The van der Waals surface area contributed by atoms with Crippen LogP contribution in [0.2, 0.25) is 5.02 Å². The number of phenols is 1. The Morgan fingerprint density at radius 2 is 1.76 bits per heavy atom. The lowest BCUT2D eigenvalue weighted by Gasteiger charge is -2.08. The van der Waals surface area contributed by atoms with Gasteiger partial charge in [0.2, 0.25) is 0 Å². The molecule has 0 radical (unpaired) electrons. The van der Waals surface area contributed by atoms with Gasteiger partial charge < -0.3 is 15.5 Å². The minimum Gasteiger partial charge on any atom is -0.507 e. The molecule has 0 bridgehead atoms. The first kappa shape index (κ1) is 15.3. The number of aromatic hydroxyl groups is 1. The number of hydrogen-bond donors (Lipinski definition) is 3. The van der Waals surface area contributed by atoms with Crippen molar-refractivity contribution in [3.8, 4) is 5.75 Å². The SMILES string of the molecule is O=C(O)c1ccc(NC(=O)c2ccc(Br)c(O)c2)c(Cl)c1. The summed E-state index contributed by atoms with van der Waals surface area (Å²) in [5.41, 5.74) is 0.558. The average molecular weight is 371 g/mol. The number of nitrogens with one attached hydrogen (secondary N) is 1. The fraction of sp³-hybridized carbons (Fsp3) is 0. The Bertz CT molecular complexity index is 733. The van der Waals surface area contributed by atoms with E-state index in [1.807, 2.05) is 0 Å². The molecule has 2 rings (SSSR count). The van der Waals surface area contributed by atoms with E-state index in [1.54, 1.807) is 6.07 Å². The topological polar surface area (TPSA) is 86.6 Å². The standard InChI is InChI=1S/C14H9BrClNO4/c15-9-3-1-7(6-12(9)18)13(19)17-11-4-2-8(14(20)21)5-10(11)16/h1-6,18H,(H,17,19)(H,20,21). The number of rotatable bonds is 3. The number of carbonyl (C=O) groups excluding carboxylic acids is 1.